The third kappa shape index (κ3) is 3.85. The van der Waals surface area contributed by atoms with Gasteiger partial charge in [0, 0.05) is 30.1 Å². The molecule has 2 heterocycles. The van der Waals surface area contributed by atoms with E-state index in [0.717, 1.165) is 18.0 Å². The molecule has 22 heavy (non-hydrogen) atoms. The predicted molar refractivity (Wildman–Crippen MR) is 94.4 cm³/mol. The highest BCUT2D eigenvalue weighted by atomic mass is 32.2. The van der Waals surface area contributed by atoms with Crippen LogP contribution in [0.15, 0.2) is 17.0 Å². The number of amides is 1. The summed E-state index contributed by atoms with van der Waals surface area (Å²) in [5.41, 5.74) is 3.34. The van der Waals surface area contributed by atoms with Gasteiger partial charge in [-0.05, 0) is 54.8 Å². The summed E-state index contributed by atoms with van der Waals surface area (Å²) >= 11 is 1.74. The molecule has 1 amide bonds. The Kier molecular flexibility index (Phi) is 6.33. The number of nitrogens with one attached hydrogen (secondary N) is 1. The molecule has 2 aliphatic rings. The van der Waals surface area contributed by atoms with Crippen LogP contribution >= 0.6 is 11.8 Å². The lowest BCUT2D eigenvalue weighted by Gasteiger charge is -2.31. The van der Waals surface area contributed by atoms with Crippen LogP contribution in [-0.4, -0.2) is 30.2 Å². The van der Waals surface area contributed by atoms with E-state index in [9.17, 15) is 4.79 Å². The summed E-state index contributed by atoms with van der Waals surface area (Å²) < 4.78 is 0. The molecule has 1 saturated heterocycles. The number of likely N-dealkylation sites (tertiary alicyclic amines) is 1. The van der Waals surface area contributed by atoms with Gasteiger partial charge in [-0.1, -0.05) is 20.8 Å². The standard InChI is InChI=1S/C16H22N2OS.C2H6/c1-11-4-3-5-18(9-11)10-12-6-13-14(8-17-16(13)19)15(7-12)20-2;1-2/h6-7,11H,3-5,8-10H2,1-2H3,(H,17,19);1-2H3/t11-;/m0./s1. The van der Waals surface area contributed by atoms with E-state index in [1.165, 1.54) is 42.0 Å². The van der Waals surface area contributed by atoms with Gasteiger partial charge < -0.3 is 5.32 Å². The van der Waals surface area contributed by atoms with Gasteiger partial charge in [0.05, 0.1) is 0 Å². The number of fused-ring (bicyclic) bond motifs is 1. The molecule has 0 aromatic heterocycles. The minimum absolute atomic E-state index is 0.0872. The molecule has 0 bridgehead atoms. The summed E-state index contributed by atoms with van der Waals surface area (Å²) in [6, 6.07) is 4.36. The van der Waals surface area contributed by atoms with Crippen LogP contribution < -0.4 is 5.32 Å². The Bertz CT molecular complexity index is 530. The van der Waals surface area contributed by atoms with Gasteiger partial charge in [0.1, 0.15) is 0 Å². The van der Waals surface area contributed by atoms with E-state index in [-0.39, 0.29) is 5.91 Å². The highest BCUT2D eigenvalue weighted by Crippen LogP contribution is 2.30. The highest BCUT2D eigenvalue weighted by molar-refractivity contribution is 7.98. The molecule has 1 atom stereocenters. The summed E-state index contributed by atoms with van der Waals surface area (Å²) in [5, 5.41) is 2.93. The molecule has 0 spiro atoms. The largest absolute Gasteiger partial charge is 0.348 e. The molecule has 4 heteroatoms. The third-order valence-electron chi connectivity index (χ3n) is 4.31. The first-order valence-corrected chi connectivity index (χ1v) is 9.60. The number of thioether (sulfide) groups is 1. The van der Waals surface area contributed by atoms with Crippen molar-refractivity contribution in [2.24, 2.45) is 5.92 Å². The molecule has 3 nitrogen and oxygen atoms in total. The van der Waals surface area contributed by atoms with Crippen molar-refractivity contribution in [1.29, 1.82) is 0 Å². The minimum Gasteiger partial charge on any atom is -0.348 e. The number of carbonyl (C=O) groups excluding carboxylic acids is 1. The van der Waals surface area contributed by atoms with Crippen molar-refractivity contribution in [3.05, 3.63) is 28.8 Å². The number of piperidine rings is 1. The van der Waals surface area contributed by atoms with E-state index in [0.29, 0.717) is 6.54 Å². The number of carbonyl (C=O) groups is 1. The van der Waals surface area contributed by atoms with Crippen molar-refractivity contribution >= 4 is 17.7 Å². The summed E-state index contributed by atoms with van der Waals surface area (Å²) in [6.45, 7) is 10.3. The van der Waals surface area contributed by atoms with Crippen LogP contribution in [0, 0.1) is 5.92 Å². The van der Waals surface area contributed by atoms with E-state index in [1.54, 1.807) is 11.8 Å². The summed E-state index contributed by atoms with van der Waals surface area (Å²) in [7, 11) is 0. The fraction of sp³-hybridized carbons (Fsp3) is 0.611. The molecule has 0 saturated carbocycles. The Morgan fingerprint density at radius 3 is 2.82 bits per heavy atom. The van der Waals surface area contributed by atoms with Gasteiger partial charge in [-0.3, -0.25) is 9.69 Å². The topological polar surface area (TPSA) is 32.3 Å². The molecule has 0 aliphatic carbocycles. The second kappa shape index (κ2) is 8.02. The molecular weight excluding hydrogens is 292 g/mol. The lowest BCUT2D eigenvalue weighted by atomic mass is 9.99. The Morgan fingerprint density at radius 2 is 2.14 bits per heavy atom. The quantitative estimate of drug-likeness (QED) is 0.857. The van der Waals surface area contributed by atoms with Crippen LogP contribution in [-0.2, 0) is 13.1 Å². The first kappa shape index (κ1) is 17.4. The maximum Gasteiger partial charge on any atom is 0.251 e. The fourth-order valence-corrected chi connectivity index (χ4v) is 4.01. The molecule has 1 N–H and O–H groups in total. The van der Waals surface area contributed by atoms with Crippen molar-refractivity contribution in [2.45, 2.75) is 51.6 Å². The van der Waals surface area contributed by atoms with Gasteiger partial charge in [0.25, 0.3) is 5.91 Å². The zero-order chi connectivity index (χ0) is 16.1. The van der Waals surface area contributed by atoms with E-state index in [2.05, 4.69) is 35.5 Å². The molecule has 3 rings (SSSR count). The molecule has 0 unspecified atom stereocenters. The molecule has 0 radical (unpaired) electrons. The fourth-order valence-electron chi connectivity index (χ4n) is 3.31. The Hall–Kier alpha value is -1.00. The number of benzene rings is 1. The maximum atomic E-state index is 11.9. The average molecular weight is 321 g/mol. The normalized spacial score (nSPS) is 20.9. The van der Waals surface area contributed by atoms with Crippen molar-refractivity contribution in [1.82, 2.24) is 10.2 Å². The van der Waals surface area contributed by atoms with Gasteiger partial charge in [0.15, 0.2) is 0 Å². The molecule has 1 fully saturated rings. The van der Waals surface area contributed by atoms with Crippen molar-refractivity contribution in [3.8, 4) is 0 Å². The van der Waals surface area contributed by atoms with E-state index < -0.39 is 0 Å². The van der Waals surface area contributed by atoms with Gasteiger partial charge >= 0.3 is 0 Å². The van der Waals surface area contributed by atoms with Crippen molar-refractivity contribution in [2.75, 3.05) is 19.3 Å². The number of hydrogen-bond donors (Lipinski definition) is 1. The minimum atomic E-state index is 0.0872. The van der Waals surface area contributed by atoms with Crippen LogP contribution in [0.3, 0.4) is 0 Å². The van der Waals surface area contributed by atoms with E-state index >= 15 is 0 Å². The zero-order valence-corrected chi connectivity index (χ0v) is 15.1. The van der Waals surface area contributed by atoms with Crippen LogP contribution in [0.4, 0.5) is 0 Å². The monoisotopic (exact) mass is 320 g/mol. The first-order chi connectivity index (χ1) is 10.7. The summed E-state index contributed by atoms with van der Waals surface area (Å²) in [4.78, 5) is 15.7. The smallest absolute Gasteiger partial charge is 0.251 e. The van der Waals surface area contributed by atoms with Crippen LogP contribution in [0.25, 0.3) is 0 Å². The van der Waals surface area contributed by atoms with E-state index in [4.69, 9.17) is 0 Å². The van der Waals surface area contributed by atoms with Crippen molar-refractivity contribution in [3.63, 3.8) is 0 Å². The Morgan fingerprint density at radius 1 is 1.36 bits per heavy atom. The lowest BCUT2D eigenvalue weighted by Crippen LogP contribution is -2.33. The molecular formula is C18H28N2OS. The van der Waals surface area contributed by atoms with Crippen LogP contribution in [0.5, 0.6) is 0 Å². The first-order valence-electron chi connectivity index (χ1n) is 8.37. The SMILES string of the molecule is CC.CSc1cc(CN2CCC[C@H](C)C2)cc2c1CNC2=O. The third-order valence-corrected chi connectivity index (χ3v) is 5.11. The Balaban J connectivity index is 0.000000847. The summed E-state index contributed by atoms with van der Waals surface area (Å²) in [6.07, 6.45) is 4.73. The highest BCUT2D eigenvalue weighted by Gasteiger charge is 2.23. The zero-order valence-electron chi connectivity index (χ0n) is 14.2. The molecule has 122 valence electrons. The van der Waals surface area contributed by atoms with E-state index in [1.807, 2.05) is 13.8 Å². The van der Waals surface area contributed by atoms with Crippen LogP contribution in [0.2, 0.25) is 0 Å². The maximum absolute atomic E-state index is 11.9. The number of hydrogen-bond acceptors (Lipinski definition) is 3. The number of rotatable bonds is 3. The van der Waals surface area contributed by atoms with Crippen molar-refractivity contribution < 1.29 is 4.79 Å². The molecule has 1 aromatic rings. The second-order valence-corrected chi connectivity index (χ2v) is 6.84. The molecule has 2 aliphatic heterocycles. The Labute approximate surface area is 138 Å². The van der Waals surface area contributed by atoms with Gasteiger partial charge in [-0.15, -0.1) is 11.8 Å². The predicted octanol–water partition coefficient (Wildman–Crippen LogP) is 3.91. The van der Waals surface area contributed by atoms with Crippen LogP contribution in [0.1, 0.15) is 55.1 Å². The second-order valence-electron chi connectivity index (χ2n) is 5.99. The number of nitrogens with zero attached hydrogens (tertiary/aromatic N) is 1. The average Bonchev–Trinajstić information content (AvgIpc) is 2.90. The van der Waals surface area contributed by atoms with Gasteiger partial charge in [-0.25, -0.2) is 0 Å². The lowest BCUT2D eigenvalue weighted by molar-refractivity contribution is 0.0965. The van der Waals surface area contributed by atoms with Gasteiger partial charge in [-0.2, -0.15) is 0 Å². The van der Waals surface area contributed by atoms with Gasteiger partial charge in [0.2, 0.25) is 0 Å². The molecule has 1 aromatic carbocycles. The summed E-state index contributed by atoms with van der Waals surface area (Å²) in [5.74, 6) is 0.880.